The number of hydroxylamine groups is 1. The van der Waals surface area contributed by atoms with Crippen LogP contribution >= 0.6 is 0 Å². The third-order valence-corrected chi connectivity index (χ3v) is 4.47. The van der Waals surface area contributed by atoms with Crippen LogP contribution in [0, 0.1) is 11.2 Å². The molecule has 0 aliphatic rings. The lowest BCUT2D eigenvalue weighted by atomic mass is 10.3. The Hall–Kier alpha value is -2.85. The van der Waals surface area contributed by atoms with E-state index in [-0.39, 0.29) is 29.8 Å². The summed E-state index contributed by atoms with van der Waals surface area (Å²) in [7, 11) is -3.87. The van der Waals surface area contributed by atoms with E-state index in [1.54, 1.807) is 24.3 Å². The summed E-state index contributed by atoms with van der Waals surface area (Å²) in [6.07, 6.45) is 0.485. The largest absolute Gasteiger partial charge is 0.491 e. The molecule has 2 aromatic rings. The van der Waals surface area contributed by atoms with Gasteiger partial charge in [0.05, 0.1) is 23.8 Å². The third kappa shape index (κ3) is 5.90. The van der Waals surface area contributed by atoms with Crippen molar-refractivity contribution in [3.8, 4) is 5.75 Å². The first-order valence-electron chi connectivity index (χ1n) is 7.60. The Balaban J connectivity index is 1.97. The second kappa shape index (κ2) is 9.02. The topological polar surface area (TPSA) is 127 Å². The van der Waals surface area contributed by atoms with Gasteiger partial charge in [-0.1, -0.05) is 12.1 Å². The van der Waals surface area contributed by atoms with Crippen molar-refractivity contribution in [3.05, 3.63) is 54.3 Å². The van der Waals surface area contributed by atoms with Crippen LogP contribution in [0.4, 0.5) is 10.1 Å². The molecule has 5 N–H and O–H groups in total. The minimum Gasteiger partial charge on any atom is -0.491 e. The number of halogens is 1. The number of guanidine groups is 1. The predicted molar refractivity (Wildman–Crippen MR) is 94.8 cm³/mol. The van der Waals surface area contributed by atoms with Gasteiger partial charge in [0.2, 0.25) is 5.96 Å². The van der Waals surface area contributed by atoms with Gasteiger partial charge >= 0.3 is 0 Å². The average Bonchev–Trinajstić information content (AvgIpc) is 2.59. The summed E-state index contributed by atoms with van der Waals surface area (Å²) in [6.45, 7) is 0.512. The Morgan fingerprint density at radius 1 is 1.12 bits per heavy atom. The van der Waals surface area contributed by atoms with Crippen LogP contribution in [-0.4, -0.2) is 27.6 Å². The minimum absolute atomic E-state index is 0.0580. The number of hydrogen-bond donors (Lipinski definition) is 4. The van der Waals surface area contributed by atoms with E-state index < -0.39 is 15.8 Å². The van der Waals surface area contributed by atoms with Crippen molar-refractivity contribution in [1.29, 1.82) is 5.41 Å². The molecular weight excluding hydrogens is 363 g/mol. The maximum absolute atomic E-state index is 13.0. The molecule has 2 aromatic carbocycles. The molecule has 2 rings (SSSR count). The highest BCUT2D eigenvalue weighted by atomic mass is 32.2. The molecule has 0 bridgehead atoms. The van der Waals surface area contributed by atoms with Crippen molar-refractivity contribution in [3.63, 3.8) is 0 Å². The molecule has 0 spiro atoms. The van der Waals surface area contributed by atoms with Crippen LogP contribution in [0.1, 0.15) is 6.42 Å². The Bertz CT molecular complexity index is 844. The zero-order chi connectivity index (χ0) is 19.0. The number of benzene rings is 2. The highest BCUT2D eigenvalue weighted by Crippen LogP contribution is 2.26. The van der Waals surface area contributed by atoms with Crippen molar-refractivity contribution in [2.75, 3.05) is 17.9 Å². The van der Waals surface area contributed by atoms with Crippen LogP contribution in [0.15, 0.2) is 53.4 Å². The molecule has 0 aromatic heterocycles. The smallest absolute Gasteiger partial charge is 0.262 e. The standard InChI is InChI=1S/C16H19FN4O4S/c17-12-6-8-13(9-7-12)26(22,23)21-14-4-1-2-5-15(14)24-10-3-11-25-20-16(18)19/h1-2,4-9,21H,3,10-11H2,(H4,18,19,20). The van der Waals surface area contributed by atoms with E-state index in [2.05, 4.69) is 10.2 Å². The average molecular weight is 382 g/mol. The molecule has 0 unspecified atom stereocenters. The molecular formula is C16H19FN4O4S. The number of ether oxygens (including phenoxy) is 1. The first-order chi connectivity index (χ1) is 12.4. The van der Waals surface area contributed by atoms with E-state index in [0.29, 0.717) is 12.2 Å². The lowest BCUT2D eigenvalue weighted by Crippen LogP contribution is -2.30. The first kappa shape index (κ1) is 19.5. The summed E-state index contributed by atoms with van der Waals surface area (Å²) < 4.78 is 45.8. The fourth-order valence-electron chi connectivity index (χ4n) is 1.94. The molecule has 0 fully saturated rings. The molecule has 0 heterocycles. The SMILES string of the molecule is N=C(N)NOCCCOc1ccccc1NS(=O)(=O)c1ccc(F)cc1. The number of sulfonamides is 1. The number of para-hydroxylation sites is 2. The Kier molecular flexibility index (Phi) is 6.75. The number of rotatable bonds is 9. The van der Waals surface area contributed by atoms with E-state index in [0.717, 1.165) is 12.1 Å². The lowest BCUT2D eigenvalue weighted by Gasteiger charge is -2.13. The molecule has 0 amide bonds. The Morgan fingerprint density at radius 3 is 2.50 bits per heavy atom. The molecule has 8 nitrogen and oxygen atoms in total. The summed E-state index contributed by atoms with van der Waals surface area (Å²) >= 11 is 0. The Labute approximate surface area is 150 Å². The van der Waals surface area contributed by atoms with Crippen LogP contribution in [0.2, 0.25) is 0 Å². The molecule has 26 heavy (non-hydrogen) atoms. The summed E-state index contributed by atoms with van der Waals surface area (Å²) in [5.74, 6) is -0.474. The molecule has 0 saturated carbocycles. The predicted octanol–water partition coefficient (Wildman–Crippen LogP) is 1.81. The van der Waals surface area contributed by atoms with Gasteiger partial charge in [0.15, 0.2) is 0 Å². The van der Waals surface area contributed by atoms with Crippen LogP contribution in [-0.2, 0) is 14.9 Å². The number of nitrogens with one attached hydrogen (secondary N) is 3. The maximum atomic E-state index is 13.0. The van der Waals surface area contributed by atoms with Crippen molar-refractivity contribution in [2.24, 2.45) is 5.73 Å². The van der Waals surface area contributed by atoms with Gasteiger partial charge in [0.25, 0.3) is 10.0 Å². The molecule has 0 radical (unpaired) electrons. The summed E-state index contributed by atoms with van der Waals surface area (Å²) in [5.41, 5.74) is 7.52. The van der Waals surface area contributed by atoms with E-state index in [1.807, 2.05) is 0 Å². The van der Waals surface area contributed by atoms with Crippen LogP contribution in [0.25, 0.3) is 0 Å². The van der Waals surface area contributed by atoms with Gasteiger partial charge in [0.1, 0.15) is 11.6 Å². The molecule has 10 heteroatoms. The van der Waals surface area contributed by atoms with Gasteiger partial charge in [-0.15, -0.1) is 0 Å². The normalized spacial score (nSPS) is 11.0. The van der Waals surface area contributed by atoms with Gasteiger partial charge in [-0.3, -0.25) is 15.0 Å². The summed E-state index contributed by atoms with van der Waals surface area (Å²) in [6, 6.07) is 11.1. The number of anilines is 1. The molecule has 0 aliphatic heterocycles. The maximum Gasteiger partial charge on any atom is 0.262 e. The zero-order valence-corrected chi connectivity index (χ0v) is 14.6. The van der Waals surface area contributed by atoms with Crippen LogP contribution < -0.4 is 20.7 Å². The van der Waals surface area contributed by atoms with Gasteiger partial charge < -0.3 is 10.5 Å². The minimum atomic E-state index is -3.87. The van der Waals surface area contributed by atoms with Crippen molar-refractivity contribution >= 4 is 21.7 Å². The molecule has 0 saturated heterocycles. The van der Waals surface area contributed by atoms with Gasteiger partial charge in [-0.05, 0) is 36.4 Å². The second-order valence-electron chi connectivity index (χ2n) is 5.12. The van der Waals surface area contributed by atoms with Crippen molar-refractivity contribution in [1.82, 2.24) is 5.48 Å². The highest BCUT2D eigenvalue weighted by molar-refractivity contribution is 7.92. The third-order valence-electron chi connectivity index (χ3n) is 3.09. The number of hydrogen-bond acceptors (Lipinski definition) is 5. The second-order valence-corrected chi connectivity index (χ2v) is 6.80. The van der Waals surface area contributed by atoms with Gasteiger partial charge in [-0.2, -0.15) is 0 Å². The fraction of sp³-hybridized carbons (Fsp3) is 0.188. The quantitative estimate of drug-likeness (QED) is 0.227. The summed E-state index contributed by atoms with van der Waals surface area (Å²) in [5, 5.41) is 6.93. The Morgan fingerprint density at radius 2 is 1.81 bits per heavy atom. The summed E-state index contributed by atoms with van der Waals surface area (Å²) in [4.78, 5) is 4.83. The van der Waals surface area contributed by atoms with E-state index in [9.17, 15) is 12.8 Å². The van der Waals surface area contributed by atoms with E-state index in [4.69, 9.17) is 20.7 Å². The van der Waals surface area contributed by atoms with E-state index >= 15 is 0 Å². The fourth-order valence-corrected chi connectivity index (χ4v) is 3.01. The zero-order valence-electron chi connectivity index (χ0n) is 13.7. The molecule has 0 aliphatic carbocycles. The molecule has 140 valence electrons. The van der Waals surface area contributed by atoms with Gasteiger partial charge in [-0.25, -0.2) is 18.3 Å². The van der Waals surface area contributed by atoms with Crippen LogP contribution in [0.3, 0.4) is 0 Å². The number of nitrogens with two attached hydrogens (primary N) is 1. The first-order valence-corrected chi connectivity index (χ1v) is 9.09. The van der Waals surface area contributed by atoms with Crippen molar-refractivity contribution < 1.29 is 22.4 Å². The highest BCUT2D eigenvalue weighted by Gasteiger charge is 2.16. The van der Waals surface area contributed by atoms with Crippen LogP contribution in [0.5, 0.6) is 5.75 Å². The molecule has 0 atom stereocenters. The van der Waals surface area contributed by atoms with Crippen molar-refractivity contribution in [2.45, 2.75) is 11.3 Å². The van der Waals surface area contributed by atoms with Gasteiger partial charge in [0, 0.05) is 6.42 Å². The van der Waals surface area contributed by atoms with E-state index in [1.165, 1.54) is 12.1 Å². The monoisotopic (exact) mass is 382 g/mol. The lowest BCUT2D eigenvalue weighted by molar-refractivity contribution is 0.0734.